The Bertz CT molecular complexity index is 507. The van der Waals surface area contributed by atoms with Crippen LogP contribution >= 0.6 is 0 Å². The van der Waals surface area contributed by atoms with Gasteiger partial charge in [0.2, 0.25) is 0 Å². The van der Waals surface area contributed by atoms with E-state index in [0.29, 0.717) is 19.6 Å². The fourth-order valence-electron chi connectivity index (χ4n) is 2.11. The van der Waals surface area contributed by atoms with Crippen molar-refractivity contribution in [2.75, 3.05) is 20.8 Å². The maximum atomic E-state index is 11.4. The standard InChI is InChI=1S/C18H26O5/c1-13(17(19)14(2)18(20)22-4)6-5-11-23-12-15-7-9-16(21-3)10-8-15/h6-10,14,17,19H,5,11-12H2,1-4H3/b13-6+/t14-,17-/m0/s1. The summed E-state index contributed by atoms with van der Waals surface area (Å²) in [5.41, 5.74) is 1.82. The van der Waals surface area contributed by atoms with Crippen molar-refractivity contribution >= 4 is 5.97 Å². The first-order valence-electron chi connectivity index (χ1n) is 7.62. The van der Waals surface area contributed by atoms with E-state index in [1.54, 1.807) is 21.0 Å². The molecule has 0 aromatic heterocycles. The van der Waals surface area contributed by atoms with Crippen LogP contribution in [0.3, 0.4) is 0 Å². The van der Waals surface area contributed by atoms with Crippen LogP contribution in [-0.2, 0) is 20.9 Å². The van der Waals surface area contributed by atoms with Gasteiger partial charge in [0.15, 0.2) is 0 Å². The molecule has 2 atom stereocenters. The predicted molar refractivity (Wildman–Crippen MR) is 88.2 cm³/mol. The fourth-order valence-corrected chi connectivity index (χ4v) is 2.11. The molecule has 0 saturated carbocycles. The number of aliphatic hydroxyl groups is 1. The summed E-state index contributed by atoms with van der Waals surface area (Å²) in [6.07, 6.45) is 1.73. The van der Waals surface area contributed by atoms with E-state index in [2.05, 4.69) is 4.74 Å². The zero-order chi connectivity index (χ0) is 17.2. The van der Waals surface area contributed by atoms with Crippen molar-refractivity contribution in [2.24, 2.45) is 5.92 Å². The van der Waals surface area contributed by atoms with Crippen LogP contribution in [0, 0.1) is 5.92 Å². The number of hydrogen-bond donors (Lipinski definition) is 1. The van der Waals surface area contributed by atoms with Gasteiger partial charge >= 0.3 is 5.97 Å². The van der Waals surface area contributed by atoms with Crippen LogP contribution in [0.25, 0.3) is 0 Å². The summed E-state index contributed by atoms with van der Waals surface area (Å²) in [7, 11) is 2.95. The van der Waals surface area contributed by atoms with E-state index in [9.17, 15) is 9.90 Å². The van der Waals surface area contributed by atoms with Gasteiger partial charge in [-0.3, -0.25) is 4.79 Å². The second-order valence-electron chi connectivity index (χ2n) is 5.39. The molecule has 0 unspecified atom stereocenters. The first-order chi connectivity index (χ1) is 11.0. The first kappa shape index (κ1) is 19.2. The fraction of sp³-hybridized carbons (Fsp3) is 0.500. The highest BCUT2D eigenvalue weighted by Crippen LogP contribution is 2.15. The van der Waals surface area contributed by atoms with Crippen LogP contribution in [0.4, 0.5) is 0 Å². The molecule has 0 aliphatic carbocycles. The highest BCUT2D eigenvalue weighted by molar-refractivity contribution is 5.73. The van der Waals surface area contributed by atoms with Gasteiger partial charge in [0.1, 0.15) is 5.75 Å². The van der Waals surface area contributed by atoms with E-state index >= 15 is 0 Å². The number of methoxy groups -OCH3 is 2. The summed E-state index contributed by atoms with van der Waals surface area (Å²) < 4.78 is 15.3. The third-order valence-electron chi connectivity index (χ3n) is 3.67. The minimum absolute atomic E-state index is 0.416. The van der Waals surface area contributed by atoms with E-state index < -0.39 is 18.0 Å². The molecule has 0 saturated heterocycles. The smallest absolute Gasteiger partial charge is 0.311 e. The number of ether oxygens (including phenoxy) is 3. The van der Waals surface area contributed by atoms with Gasteiger partial charge in [-0.05, 0) is 43.5 Å². The van der Waals surface area contributed by atoms with Crippen molar-refractivity contribution in [2.45, 2.75) is 33.0 Å². The highest BCUT2D eigenvalue weighted by Gasteiger charge is 2.23. The molecule has 23 heavy (non-hydrogen) atoms. The Kier molecular flexibility index (Phi) is 8.37. The Morgan fingerprint density at radius 3 is 2.48 bits per heavy atom. The predicted octanol–water partition coefficient (Wildman–Crippen LogP) is 2.72. The molecular weight excluding hydrogens is 296 g/mol. The summed E-state index contributed by atoms with van der Waals surface area (Å²) in [5.74, 6) is -0.168. The third kappa shape index (κ3) is 6.42. The third-order valence-corrected chi connectivity index (χ3v) is 3.67. The van der Waals surface area contributed by atoms with E-state index in [-0.39, 0.29) is 0 Å². The lowest BCUT2D eigenvalue weighted by atomic mass is 9.98. The molecule has 5 nitrogen and oxygen atoms in total. The van der Waals surface area contributed by atoms with Crippen LogP contribution in [-0.4, -0.2) is 38.0 Å². The Hall–Kier alpha value is -1.85. The minimum Gasteiger partial charge on any atom is -0.497 e. The molecule has 5 heteroatoms. The number of benzene rings is 1. The largest absolute Gasteiger partial charge is 0.497 e. The zero-order valence-electron chi connectivity index (χ0n) is 14.2. The van der Waals surface area contributed by atoms with Crippen molar-refractivity contribution < 1.29 is 24.1 Å². The summed E-state index contributed by atoms with van der Waals surface area (Å²) >= 11 is 0. The van der Waals surface area contributed by atoms with Gasteiger partial charge in [0.05, 0.1) is 39.5 Å². The number of aliphatic hydroxyl groups excluding tert-OH is 1. The molecule has 0 spiro atoms. The van der Waals surface area contributed by atoms with E-state index in [4.69, 9.17) is 9.47 Å². The zero-order valence-corrected chi connectivity index (χ0v) is 14.2. The lowest BCUT2D eigenvalue weighted by molar-refractivity contribution is -0.147. The number of carbonyl (C=O) groups excluding carboxylic acids is 1. The summed E-state index contributed by atoms with van der Waals surface area (Å²) in [6, 6.07) is 7.71. The maximum Gasteiger partial charge on any atom is 0.311 e. The van der Waals surface area contributed by atoms with Gasteiger partial charge in [0.25, 0.3) is 0 Å². The lowest BCUT2D eigenvalue weighted by Gasteiger charge is -2.17. The van der Waals surface area contributed by atoms with Gasteiger partial charge in [-0.25, -0.2) is 0 Å². The molecule has 1 N–H and O–H groups in total. The summed E-state index contributed by atoms with van der Waals surface area (Å²) in [4.78, 5) is 11.4. The number of esters is 1. The average molecular weight is 322 g/mol. The first-order valence-corrected chi connectivity index (χ1v) is 7.62. The Morgan fingerprint density at radius 2 is 1.91 bits per heavy atom. The minimum atomic E-state index is -0.830. The molecule has 0 radical (unpaired) electrons. The van der Waals surface area contributed by atoms with Crippen molar-refractivity contribution in [3.8, 4) is 5.75 Å². The molecule has 1 rings (SSSR count). The Labute approximate surface area is 137 Å². The van der Waals surface area contributed by atoms with Crippen molar-refractivity contribution in [3.05, 3.63) is 41.5 Å². The molecule has 0 aliphatic heterocycles. The molecule has 128 valence electrons. The van der Waals surface area contributed by atoms with Crippen LogP contribution in [0.5, 0.6) is 5.75 Å². The monoisotopic (exact) mass is 322 g/mol. The Balaban J connectivity index is 2.33. The van der Waals surface area contributed by atoms with Crippen LogP contribution in [0.2, 0.25) is 0 Å². The molecule has 1 aromatic carbocycles. The maximum absolute atomic E-state index is 11.4. The van der Waals surface area contributed by atoms with Crippen LogP contribution < -0.4 is 4.74 Å². The Morgan fingerprint density at radius 1 is 1.26 bits per heavy atom. The van der Waals surface area contributed by atoms with Gasteiger partial charge < -0.3 is 19.3 Å². The van der Waals surface area contributed by atoms with Crippen LogP contribution in [0.1, 0.15) is 25.8 Å². The van der Waals surface area contributed by atoms with Crippen LogP contribution in [0.15, 0.2) is 35.9 Å². The van der Waals surface area contributed by atoms with Crippen molar-refractivity contribution in [1.82, 2.24) is 0 Å². The molecule has 0 heterocycles. The topological polar surface area (TPSA) is 65.0 Å². The second kappa shape index (κ2) is 10.0. The quantitative estimate of drug-likeness (QED) is 0.430. The van der Waals surface area contributed by atoms with Gasteiger partial charge in [-0.15, -0.1) is 0 Å². The molecule has 1 aromatic rings. The molecule has 0 bridgehead atoms. The van der Waals surface area contributed by atoms with E-state index in [1.807, 2.05) is 30.3 Å². The summed E-state index contributed by atoms with van der Waals surface area (Å²) in [6.45, 7) is 4.52. The number of rotatable bonds is 9. The average Bonchev–Trinajstić information content (AvgIpc) is 2.59. The lowest BCUT2D eigenvalue weighted by Crippen LogP contribution is -2.27. The highest BCUT2D eigenvalue weighted by atomic mass is 16.5. The molecule has 0 fully saturated rings. The van der Waals surface area contributed by atoms with E-state index in [1.165, 1.54) is 7.11 Å². The number of hydrogen-bond acceptors (Lipinski definition) is 5. The van der Waals surface area contributed by atoms with E-state index in [0.717, 1.165) is 16.9 Å². The summed E-state index contributed by atoms with van der Waals surface area (Å²) in [5, 5.41) is 10.0. The van der Waals surface area contributed by atoms with Crippen molar-refractivity contribution in [1.29, 1.82) is 0 Å². The molecule has 0 aliphatic rings. The van der Waals surface area contributed by atoms with Gasteiger partial charge in [0, 0.05) is 0 Å². The molecular formula is C18H26O5. The van der Waals surface area contributed by atoms with Crippen molar-refractivity contribution in [3.63, 3.8) is 0 Å². The SMILES string of the molecule is COC(=O)[C@@H](C)[C@@H](O)/C(C)=C/CCOCc1ccc(OC)cc1. The van der Waals surface area contributed by atoms with Gasteiger partial charge in [-0.2, -0.15) is 0 Å². The second-order valence-corrected chi connectivity index (χ2v) is 5.39. The van der Waals surface area contributed by atoms with Gasteiger partial charge in [-0.1, -0.05) is 18.2 Å². The normalized spacial score (nSPS) is 14.2. The number of carbonyl (C=O) groups is 1. The molecule has 0 amide bonds.